The molecule has 0 bridgehead atoms. The number of amides is 1. The first-order chi connectivity index (χ1) is 8.22. The number of hydrogen-bond donors (Lipinski definition) is 1. The van der Waals surface area contributed by atoms with E-state index in [-0.39, 0.29) is 5.91 Å². The molecule has 0 fully saturated rings. The summed E-state index contributed by atoms with van der Waals surface area (Å²) < 4.78 is 5.22. The topological polar surface area (TPSA) is 55.6 Å². The molecule has 1 rings (SSSR count). The van der Waals surface area contributed by atoms with Gasteiger partial charge in [-0.05, 0) is 13.0 Å². The maximum absolute atomic E-state index is 12.0. The first-order valence-electron chi connectivity index (χ1n) is 5.82. The van der Waals surface area contributed by atoms with Gasteiger partial charge in [-0.3, -0.25) is 4.79 Å². The minimum absolute atomic E-state index is 0.0856. The first-order valence-corrected chi connectivity index (χ1v) is 5.82. The maximum Gasteiger partial charge on any atom is 0.227 e. The summed E-state index contributed by atoms with van der Waals surface area (Å²) in [5.41, 5.74) is 6.39. The Kier molecular flexibility index (Phi) is 5.49. The van der Waals surface area contributed by atoms with Gasteiger partial charge in [0.2, 0.25) is 5.91 Å². The molecule has 0 radical (unpaired) electrons. The van der Waals surface area contributed by atoms with E-state index in [9.17, 15) is 4.79 Å². The summed E-state index contributed by atoms with van der Waals surface area (Å²) in [6.45, 7) is 3.73. The summed E-state index contributed by atoms with van der Waals surface area (Å²) in [5, 5.41) is 0. The number of benzene rings is 1. The molecule has 0 aliphatic heterocycles. The largest absolute Gasteiger partial charge is 0.496 e. The molecule has 1 aromatic rings. The van der Waals surface area contributed by atoms with Gasteiger partial charge < -0.3 is 15.4 Å². The highest BCUT2D eigenvalue weighted by Gasteiger charge is 2.13. The van der Waals surface area contributed by atoms with Crippen molar-refractivity contribution in [3.63, 3.8) is 0 Å². The normalized spacial score (nSPS) is 10.1. The third-order valence-electron chi connectivity index (χ3n) is 2.67. The first kappa shape index (κ1) is 13.5. The highest BCUT2D eigenvalue weighted by atomic mass is 16.5. The predicted octanol–water partition coefficient (Wildman–Crippen LogP) is 1.04. The van der Waals surface area contributed by atoms with Crippen LogP contribution < -0.4 is 10.5 Å². The lowest BCUT2D eigenvalue weighted by molar-refractivity contribution is -0.130. The molecule has 2 N–H and O–H groups in total. The Morgan fingerprint density at radius 2 is 2.12 bits per heavy atom. The Hall–Kier alpha value is -1.55. The van der Waals surface area contributed by atoms with Crippen molar-refractivity contribution in [1.82, 2.24) is 4.90 Å². The molecule has 0 atom stereocenters. The Balaban J connectivity index is 2.72. The van der Waals surface area contributed by atoms with E-state index in [1.807, 2.05) is 31.2 Å². The van der Waals surface area contributed by atoms with Gasteiger partial charge in [0.15, 0.2) is 0 Å². The summed E-state index contributed by atoms with van der Waals surface area (Å²) in [6.07, 6.45) is 0.359. The van der Waals surface area contributed by atoms with Crippen molar-refractivity contribution >= 4 is 5.91 Å². The van der Waals surface area contributed by atoms with Crippen molar-refractivity contribution in [2.75, 3.05) is 26.7 Å². The third kappa shape index (κ3) is 3.75. The lowest BCUT2D eigenvalue weighted by Crippen LogP contribution is -2.36. The maximum atomic E-state index is 12.0. The molecule has 4 nitrogen and oxygen atoms in total. The van der Waals surface area contributed by atoms with Crippen LogP contribution in [-0.2, 0) is 11.2 Å². The summed E-state index contributed by atoms with van der Waals surface area (Å²) >= 11 is 0. The Labute approximate surface area is 102 Å². The number of para-hydroxylation sites is 1. The smallest absolute Gasteiger partial charge is 0.227 e. The number of rotatable bonds is 6. The summed E-state index contributed by atoms with van der Waals surface area (Å²) in [6, 6.07) is 7.57. The van der Waals surface area contributed by atoms with Crippen LogP contribution in [0.1, 0.15) is 12.5 Å². The van der Waals surface area contributed by atoms with E-state index >= 15 is 0 Å². The fourth-order valence-electron chi connectivity index (χ4n) is 1.74. The van der Waals surface area contributed by atoms with Crippen LogP contribution in [0, 0.1) is 0 Å². The van der Waals surface area contributed by atoms with E-state index in [4.69, 9.17) is 10.5 Å². The van der Waals surface area contributed by atoms with Crippen LogP contribution in [0.25, 0.3) is 0 Å². The molecule has 0 aliphatic rings. The molecule has 1 aromatic carbocycles. The van der Waals surface area contributed by atoms with Crippen LogP contribution in [0.15, 0.2) is 24.3 Å². The number of hydrogen-bond acceptors (Lipinski definition) is 3. The number of carbonyl (C=O) groups is 1. The molecule has 17 heavy (non-hydrogen) atoms. The van der Waals surface area contributed by atoms with Crippen molar-refractivity contribution in [2.24, 2.45) is 5.73 Å². The zero-order valence-electron chi connectivity index (χ0n) is 10.5. The lowest BCUT2D eigenvalue weighted by atomic mass is 10.1. The minimum Gasteiger partial charge on any atom is -0.496 e. The lowest BCUT2D eigenvalue weighted by Gasteiger charge is -2.20. The average Bonchev–Trinajstić information content (AvgIpc) is 2.36. The van der Waals surface area contributed by atoms with Gasteiger partial charge in [-0.25, -0.2) is 0 Å². The van der Waals surface area contributed by atoms with E-state index in [0.29, 0.717) is 26.1 Å². The van der Waals surface area contributed by atoms with Crippen molar-refractivity contribution in [1.29, 1.82) is 0 Å². The number of ether oxygens (including phenoxy) is 1. The molecule has 0 unspecified atom stereocenters. The van der Waals surface area contributed by atoms with Gasteiger partial charge in [0.1, 0.15) is 5.75 Å². The molecule has 0 saturated heterocycles. The van der Waals surface area contributed by atoms with E-state index in [1.165, 1.54) is 0 Å². The van der Waals surface area contributed by atoms with Crippen LogP contribution in [0.4, 0.5) is 0 Å². The van der Waals surface area contributed by atoms with E-state index in [0.717, 1.165) is 11.3 Å². The Morgan fingerprint density at radius 3 is 2.71 bits per heavy atom. The van der Waals surface area contributed by atoms with E-state index < -0.39 is 0 Å². The molecule has 1 amide bonds. The molecular weight excluding hydrogens is 216 g/mol. The van der Waals surface area contributed by atoms with Gasteiger partial charge in [0.25, 0.3) is 0 Å². The van der Waals surface area contributed by atoms with Crippen LogP contribution in [-0.4, -0.2) is 37.6 Å². The predicted molar refractivity (Wildman–Crippen MR) is 68.0 cm³/mol. The third-order valence-corrected chi connectivity index (χ3v) is 2.67. The van der Waals surface area contributed by atoms with Gasteiger partial charge >= 0.3 is 0 Å². The number of methoxy groups -OCH3 is 1. The van der Waals surface area contributed by atoms with E-state index in [1.54, 1.807) is 12.0 Å². The summed E-state index contributed by atoms with van der Waals surface area (Å²) in [4.78, 5) is 13.8. The van der Waals surface area contributed by atoms with Crippen molar-refractivity contribution in [3.8, 4) is 5.75 Å². The highest BCUT2D eigenvalue weighted by Crippen LogP contribution is 2.18. The number of likely N-dealkylation sites (N-methyl/N-ethyl adjacent to an activating group) is 1. The van der Waals surface area contributed by atoms with Crippen LogP contribution in [0.3, 0.4) is 0 Å². The van der Waals surface area contributed by atoms with Crippen LogP contribution in [0.2, 0.25) is 0 Å². The molecule has 0 aromatic heterocycles. The zero-order valence-corrected chi connectivity index (χ0v) is 10.5. The SMILES string of the molecule is CCN(CCN)C(=O)Cc1ccccc1OC. The minimum atomic E-state index is 0.0856. The van der Waals surface area contributed by atoms with Gasteiger partial charge in [0, 0.05) is 25.2 Å². The van der Waals surface area contributed by atoms with E-state index in [2.05, 4.69) is 0 Å². The van der Waals surface area contributed by atoms with Gasteiger partial charge in [-0.2, -0.15) is 0 Å². The molecule has 94 valence electrons. The second-order valence-corrected chi connectivity index (χ2v) is 3.75. The molecule has 0 spiro atoms. The molecule has 4 heteroatoms. The Bertz CT molecular complexity index is 366. The number of nitrogens with zero attached hydrogens (tertiary/aromatic N) is 1. The number of carbonyl (C=O) groups excluding carboxylic acids is 1. The average molecular weight is 236 g/mol. The second kappa shape index (κ2) is 6.91. The quantitative estimate of drug-likeness (QED) is 0.803. The molecule has 0 saturated carbocycles. The molecule has 0 aliphatic carbocycles. The van der Waals surface area contributed by atoms with Crippen LogP contribution in [0.5, 0.6) is 5.75 Å². The van der Waals surface area contributed by atoms with Crippen molar-refractivity contribution < 1.29 is 9.53 Å². The summed E-state index contributed by atoms with van der Waals surface area (Å²) in [7, 11) is 1.61. The van der Waals surface area contributed by atoms with Crippen LogP contribution >= 0.6 is 0 Å². The van der Waals surface area contributed by atoms with Gasteiger partial charge in [-0.1, -0.05) is 18.2 Å². The second-order valence-electron chi connectivity index (χ2n) is 3.75. The molecular formula is C13H20N2O2. The standard InChI is InChI=1S/C13H20N2O2/c1-3-15(9-8-14)13(16)10-11-6-4-5-7-12(11)17-2/h4-7H,3,8-10,14H2,1-2H3. The van der Waals surface area contributed by atoms with Gasteiger partial charge in [0.05, 0.1) is 13.5 Å². The number of nitrogens with two attached hydrogens (primary N) is 1. The monoisotopic (exact) mass is 236 g/mol. The fourth-order valence-corrected chi connectivity index (χ4v) is 1.74. The highest BCUT2D eigenvalue weighted by molar-refractivity contribution is 5.79. The fraction of sp³-hybridized carbons (Fsp3) is 0.462. The van der Waals surface area contributed by atoms with Crippen molar-refractivity contribution in [2.45, 2.75) is 13.3 Å². The summed E-state index contributed by atoms with van der Waals surface area (Å²) in [5.74, 6) is 0.840. The van der Waals surface area contributed by atoms with Gasteiger partial charge in [-0.15, -0.1) is 0 Å². The molecule has 0 heterocycles. The Morgan fingerprint density at radius 1 is 1.41 bits per heavy atom. The zero-order chi connectivity index (χ0) is 12.7. The van der Waals surface area contributed by atoms with Crippen molar-refractivity contribution in [3.05, 3.63) is 29.8 Å².